The number of fused-ring (bicyclic) bond motifs is 1. The van der Waals surface area contributed by atoms with Crippen molar-refractivity contribution in [1.82, 2.24) is 9.97 Å². The third-order valence-corrected chi connectivity index (χ3v) is 2.81. The molecule has 0 unspecified atom stereocenters. The lowest BCUT2D eigenvalue weighted by Crippen LogP contribution is -2.22. The number of aromatic nitrogens is 2. The van der Waals surface area contributed by atoms with Crippen LogP contribution in [0.15, 0.2) is 11.4 Å². The first-order valence-electron chi connectivity index (χ1n) is 4.73. The molecule has 2 N–H and O–H groups in total. The van der Waals surface area contributed by atoms with E-state index < -0.39 is 12.7 Å². The zero-order chi connectivity index (χ0) is 12.5. The Labute approximate surface area is 98.9 Å². The molecule has 8 heteroatoms. The molecule has 17 heavy (non-hydrogen) atoms. The van der Waals surface area contributed by atoms with Crippen molar-refractivity contribution in [3.05, 3.63) is 11.4 Å². The second kappa shape index (κ2) is 4.36. The Bertz CT molecular complexity index is 522. The van der Waals surface area contributed by atoms with Gasteiger partial charge < -0.3 is 10.6 Å². The third kappa shape index (κ3) is 2.76. The van der Waals surface area contributed by atoms with Crippen molar-refractivity contribution in [2.75, 3.05) is 24.2 Å². The summed E-state index contributed by atoms with van der Waals surface area (Å²) in [5, 5.41) is 7.35. The molecule has 0 aliphatic heterocycles. The van der Waals surface area contributed by atoms with Gasteiger partial charge in [-0.2, -0.15) is 18.2 Å². The van der Waals surface area contributed by atoms with Gasteiger partial charge in [-0.25, -0.2) is 4.98 Å². The number of hydrogen-bond acceptors (Lipinski definition) is 5. The van der Waals surface area contributed by atoms with Crippen LogP contribution in [-0.4, -0.2) is 29.7 Å². The zero-order valence-corrected chi connectivity index (χ0v) is 9.61. The van der Waals surface area contributed by atoms with Gasteiger partial charge in [0.25, 0.3) is 0 Å². The summed E-state index contributed by atoms with van der Waals surface area (Å²) in [6.45, 7) is -1.11. The van der Waals surface area contributed by atoms with Crippen molar-refractivity contribution in [3.63, 3.8) is 0 Å². The quantitative estimate of drug-likeness (QED) is 0.893. The molecule has 0 radical (unpaired) electrons. The minimum Gasteiger partial charge on any atom is -0.360 e. The van der Waals surface area contributed by atoms with Gasteiger partial charge in [0.1, 0.15) is 17.2 Å². The van der Waals surface area contributed by atoms with Crippen LogP contribution in [0.2, 0.25) is 0 Å². The standard InChI is InChI=1S/C9H9F3N4S/c1-13-8-15-6(14-4-9(10,11)12)5-2-3-17-7(5)16-8/h2-3H,4H2,1H3,(H2,13,14,15,16). The molecule has 0 amide bonds. The zero-order valence-electron chi connectivity index (χ0n) is 8.80. The molecule has 0 atom stereocenters. The van der Waals surface area contributed by atoms with E-state index in [1.54, 1.807) is 18.5 Å². The van der Waals surface area contributed by atoms with Crippen molar-refractivity contribution in [2.24, 2.45) is 0 Å². The van der Waals surface area contributed by atoms with E-state index in [-0.39, 0.29) is 5.82 Å². The smallest absolute Gasteiger partial charge is 0.360 e. The number of anilines is 2. The largest absolute Gasteiger partial charge is 0.405 e. The van der Waals surface area contributed by atoms with Crippen LogP contribution < -0.4 is 10.6 Å². The fraction of sp³-hybridized carbons (Fsp3) is 0.333. The maximum Gasteiger partial charge on any atom is 0.405 e. The van der Waals surface area contributed by atoms with Crippen molar-refractivity contribution < 1.29 is 13.2 Å². The van der Waals surface area contributed by atoms with Crippen molar-refractivity contribution in [3.8, 4) is 0 Å². The van der Waals surface area contributed by atoms with Crippen LogP contribution in [0.4, 0.5) is 24.9 Å². The van der Waals surface area contributed by atoms with E-state index in [1.165, 1.54) is 11.3 Å². The Balaban J connectivity index is 2.34. The number of nitrogens with one attached hydrogen (secondary N) is 2. The van der Waals surface area contributed by atoms with E-state index in [2.05, 4.69) is 20.6 Å². The van der Waals surface area contributed by atoms with Crippen LogP contribution in [-0.2, 0) is 0 Å². The van der Waals surface area contributed by atoms with E-state index in [0.717, 1.165) is 0 Å². The Morgan fingerprint density at radius 1 is 1.35 bits per heavy atom. The molecular formula is C9H9F3N4S. The average molecular weight is 262 g/mol. The summed E-state index contributed by atoms with van der Waals surface area (Å²) in [6.07, 6.45) is -4.27. The monoisotopic (exact) mass is 262 g/mol. The summed E-state index contributed by atoms with van der Waals surface area (Å²) in [5.41, 5.74) is 0. The molecule has 0 bridgehead atoms. The molecule has 2 aromatic rings. The number of alkyl halides is 3. The number of thiophene rings is 1. The van der Waals surface area contributed by atoms with E-state index in [4.69, 9.17) is 0 Å². The average Bonchev–Trinajstić information content (AvgIpc) is 2.72. The lowest BCUT2D eigenvalue weighted by atomic mass is 10.4. The van der Waals surface area contributed by atoms with Gasteiger partial charge in [0.15, 0.2) is 0 Å². The number of nitrogens with zero attached hydrogens (tertiary/aromatic N) is 2. The van der Waals surface area contributed by atoms with Crippen LogP contribution in [0, 0.1) is 0 Å². The van der Waals surface area contributed by atoms with Gasteiger partial charge in [-0.05, 0) is 11.4 Å². The van der Waals surface area contributed by atoms with E-state index >= 15 is 0 Å². The van der Waals surface area contributed by atoms with Crippen LogP contribution >= 0.6 is 11.3 Å². The molecule has 0 saturated heterocycles. The summed E-state index contributed by atoms with van der Waals surface area (Å²) in [6, 6.07) is 1.69. The minimum absolute atomic E-state index is 0.193. The molecule has 92 valence electrons. The highest BCUT2D eigenvalue weighted by Gasteiger charge is 2.27. The minimum atomic E-state index is -4.27. The highest BCUT2D eigenvalue weighted by molar-refractivity contribution is 7.16. The summed E-state index contributed by atoms with van der Waals surface area (Å²) in [5.74, 6) is 0.488. The van der Waals surface area contributed by atoms with Crippen LogP contribution in [0.1, 0.15) is 0 Å². The highest BCUT2D eigenvalue weighted by Crippen LogP contribution is 2.27. The van der Waals surface area contributed by atoms with Gasteiger partial charge in [0, 0.05) is 7.05 Å². The molecule has 2 aromatic heterocycles. The predicted octanol–water partition coefficient (Wildman–Crippen LogP) is 2.71. The van der Waals surface area contributed by atoms with E-state index in [1.807, 2.05) is 0 Å². The van der Waals surface area contributed by atoms with Gasteiger partial charge in [-0.15, -0.1) is 11.3 Å². The first kappa shape index (κ1) is 11.9. The summed E-state index contributed by atoms with van der Waals surface area (Å²) >= 11 is 1.35. The van der Waals surface area contributed by atoms with Crippen LogP contribution in [0.25, 0.3) is 10.2 Å². The lowest BCUT2D eigenvalue weighted by molar-refractivity contribution is -0.115. The molecule has 0 saturated carbocycles. The van der Waals surface area contributed by atoms with E-state index in [0.29, 0.717) is 16.2 Å². The first-order valence-corrected chi connectivity index (χ1v) is 5.61. The summed E-state index contributed by atoms with van der Waals surface area (Å²) in [7, 11) is 1.61. The van der Waals surface area contributed by atoms with Crippen molar-refractivity contribution in [1.29, 1.82) is 0 Å². The molecule has 4 nitrogen and oxygen atoms in total. The maximum atomic E-state index is 12.1. The van der Waals surface area contributed by atoms with Crippen molar-refractivity contribution >= 4 is 33.3 Å². The predicted molar refractivity (Wildman–Crippen MR) is 61.5 cm³/mol. The number of halogens is 3. The number of hydrogen-bond donors (Lipinski definition) is 2. The molecule has 0 aromatic carbocycles. The lowest BCUT2D eigenvalue weighted by Gasteiger charge is -2.10. The Kier molecular flexibility index (Phi) is 3.05. The fourth-order valence-corrected chi connectivity index (χ4v) is 2.05. The van der Waals surface area contributed by atoms with Gasteiger partial charge in [-0.3, -0.25) is 0 Å². The maximum absolute atomic E-state index is 12.1. The molecule has 0 aliphatic rings. The van der Waals surface area contributed by atoms with Gasteiger partial charge >= 0.3 is 6.18 Å². The topological polar surface area (TPSA) is 49.8 Å². The molecule has 0 spiro atoms. The van der Waals surface area contributed by atoms with Crippen LogP contribution in [0.3, 0.4) is 0 Å². The summed E-state index contributed by atoms with van der Waals surface area (Å²) in [4.78, 5) is 8.75. The highest BCUT2D eigenvalue weighted by atomic mass is 32.1. The van der Waals surface area contributed by atoms with Gasteiger partial charge in [0.05, 0.1) is 5.39 Å². The second-order valence-corrected chi connectivity index (χ2v) is 4.15. The fourth-order valence-electron chi connectivity index (χ4n) is 1.29. The first-order chi connectivity index (χ1) is 7.99. The van der Waals surface area contributed by atoms with E-state index in [9.17, 15) is 13.2 Å². The molecule has 0 aliphatic carbocycles. The van der Waals surface area contributed by atoms with Gasteiger partial charge in [-0.1, -0.05) is 0 Å². The SMILES string of the molecule is CNc1nc(NCC(F)(F)F)c2ccsc2n1. The third-order valence-electron chi connectivity index (χ3n) is 2.00. The normalized spacial score (nSPS) is 11.8. The Morgan fingerprint density at radius 2 is 2.12 bits per heavy atom. The molecule has 0 fully saturated rings. The summed E-state index contributed by atoms with van der Waals surface area (Å²) < 4.78 is 36.4. The van der Waals surface area contributed by atoms with Gasteiger partial charge in [0.2, 0.25) is 5.95 Å². The van der Waals surface area contributed by atoms with Crippen molar-refractivity contribution in [2.45, 2.75) is 6.18 Å². The molecular weight excluding hydrogens is 253 g/mol. The Hall–Kier alpha value is -1.57. The number of rotatable bonds is 3. The molecule has 2 heterocycles. The second-order valence-electron chi connectivity index (χ2n) is 3.25. The van der Waals surface area contributed by atoms with Crippen LogP contribution in [0.5, 0.6) is 0 Å². The molecule has 2 rings (SSSR count). The Morgan fingerprint density at radius 3 is 2.76 bits per heavy atom.